The molecule has 576 valence electrons. The van der Waals surface area contributed by atoms with Gasteiger partial charge in [0.15, 0.2) is 5.78 Å². The maximum Gasteiger partial charge on any atom is 0.326 e. The highest BCUT2D eigenvalue weighted by atomic mass is 16.5. The fraction of sp³-hybridized carbons (Fsp3) is 0.797. The number of amides is 5. The number of imidazole rings is 1. The molecule has 31 heteroatoms. The van der Waals surface area contributed by atoms with E-state index in [4.69, 9.17) is 53.8 Å². The van der Waals surface area contributed by atoms with E-state index in [-0.39, 0.29) is 228 Å². The van der Waals surface area contributed by atoms with E-state index < -0.39 is 24.0 Å². The number of aliphatic carboxylic acids is 2. The zero-order valence-electron chi connectivity index (χ0n) is 60.0. The second kappa shape index (κ2) is 67.2. The molecule has 1 aromatic rings. The quantitative estimate of drug-likeness (QED) is 0.0417. The second-order valence-electron chi connectivity index (χ2n) is 24.1. The molecule has 0 aliphatic heterocycles. The molecule has 0 radical (unpaired) electrons. The summed E-state index contributed by atoms with van der Waals surface area (Å²) in [5.74, 6) is -3.95. The fourth-order valence-electron chi connectivity index (χ4n) is 9.64. The summed E-state index contributed by atoms with van der Waals surface area (Å²) in [4.78, 5) is 137. The van der Waals surface area contributed by atoms with E-state index in [1.165, 1.54) is 58.7 Å². The molecule has 0 saturated heterocycles. The summed E-state index contributed by atoms with van der Waals surface area (Å²) in [6, 6.07) is -2.17. The smallest absolute Gasteiger partial charge is 0.326 e. The van der Waals surface area contributed by atoms with Crippen molar-refractivity contribution in [3.8, 4) is 0 Å². The summed E-state index contributed by atoms with van der Waals surface area (Å²) < 4.78 is 43.1. The molecule has 0 spiro atoms. The number of carboxylic acid groups (broad SMARTS) is 2. The van der Waals surface area contributed by atoms with Gasteiger partial charge in [0.25, 0.3) is 0 Å². The Labute approximate surface area is 591 Å². The number of aliphatic hydroxyl groups is 1. The maximum atomic E-state index is 12.5. The van der Waals surface area contributed by atoms with Crippen molar-refractivity contribution in [2.75, 3.05) is 145 Å². The first-order chi connectivity index (χ1) is 48.3. The number of nitrogens with one attached hydrogen (secondary N) is 7. The van der Waals surface area contributed by atoms with Crippen molar-refractivity contribution in [3.05, 3.63) is 18.2 Å². The Morgan fingerprint density at radius 3 is 1.36 bits per heavy atom. The number of rotatable bonds is 71. The number of likely N-dealkylation sites (N-methyl/N-ethyl adjacent to an activating group) is 1. The number of hydrogen-bond donors (Lipinski definition) is 11. The van der Waals surface area contributed by atoms with Crippen LogP contribution >= 0.6 is 0 Å². The Balaban J connectivity index is 0.0000101. The average molecular weight is 1430 g/mol. The van der Waals surface area contributed by atoms with Gasteiger partial charge in [-0.15, -0.1) is 0 Å². The van der Waals surface area contributed by atoms with E-state index in [1.54, 1.807) is 6.20 Å². The van der Waals surface area contributed by atoms with Gasteiger partial charge in [0.2, 0.25) is 29.5 Å². The lowest BCUT2D eigenvalue weighted by atomic mass is 9.90. The highest BCUT2D eigenvalue weighted by Gasteiger charge is 2.22. The van der Waals surface area contributed by atoms with Gasteiger partial charge >= 0.3 is 11.9 Å². The fourth-order valence-corrected chi connectivity index (χ4v) is 9.64. The topological polar surface area (TPSA) is 449 Å². The van der Waals surface area contributed by atoms with Gasteiger partial charge < -0.3 is 95.8 Å². The first kappa shape index (κ1) is 93.7. The summed E-state index contributed by atoms with van der Waals surface area (Å²) >= 11 is 0. The van der Waals surface area contributed by atoms with Crippen LogP contribution in [0.5, 0.6) is 0 Å². The van der Waals surface area contributed by atoms with Crippen molar-refractivity contribution in [2.45, 2.75) is 206 Å². The number of Topliss-reactive ketones (excluding diaryl/α,β-unsaturated/α-hetero) is 4. The average Bonchev–Trinajstić information content (AvgIpc) is 1.84. The molecule has 0 saturated carbocycles. The van der Waals surface area contributed by atoms with Crippen molar-refractivity contribution in [1.29, 1.82) is 0 Å². The third-order valence-corrected chi connectivity index (χ3v) is 15.4. The van der Waals surface area contributed by atoms with Gasteiger partial charge in [0, 0.05) is 89.1 Å². The number of unbranched alkanes of at least 4 members (excludes halogenated alkanes) is 14. The Kier molecular flexibility index (Phi) is 63.0. The Morgan fingerprint density at radius 1 is 0.460 bits per heavy atom. The number of aromatic amines is 1. The Morgan fingerprint density at radius 2 is 0.920 bits per heavy atom. The number of ether oxygens (including phenoxy) is 8. The molecular formula is C69H123N9O22. The first-order valence-electron chi connectivity index (χ1n) is 35.8. The number of carbonyl (C=O) groups is 11. The highest BCUT2D eigenvalue weighted by Crippen LogP contribution is 2.18. The standard InChI is InChI=1S/C63H110N8O20.C6H13NO2/c1-50(72)51(23-25-56(74)54(64)43-52-44-65-49-70-52)19-16-17-27-66-59(77)46-90-41-38-87-34-30-69-60(78)47-89-40-35-84-31-18-20-53(73)45-88-39-36-86-33-29-68-61(79)48-91-42-37-85-32-28-67-57(75)26-24-55(63(82)83)71-58(76)21-14-12-10-8-6-4-2-3-5-7-9-11-13-15-22-62(80)81;1-3-7-6(4-8)5(2)9/h44,49,51,54-55H,2-43,45-48,64H2,1H3,(H,65,70)(H,66,77)(H,67,75)(H,68,79)(H,69,78)(H,71,76)(H,80,81)(H,82,83);6-8H,3-4H2,1-2H3/t51-,54+,55+;6-/m10/s1. The summed E-state index contributed by atoms with van der Waals surface area (Å²) in [6.45, 7) is 8.73. The van der Waals surface area contributed by atoms with Crippen LogP contribution in [0.25, 0.3) is 0 Å². The van der Waals surface area contributed by atoms with Crippen molar-refractivity contribution in [2.24, 2.45) is 11.7 Å². The molecule has 1 rings (SSSR count). The lowest BCUT2D eigenvalue weighted by Crippen LogP contribution is -2.41. The van der Waals surface area contributed by atoms with Crippen molar-refractivity contribution in [3.63, 3.8) is 0 Å². The number of aliphatic hydroxyl groups excluding tert-OH is 1. The molecule has 1 aromatic heterocycles. The van der Waals surface area contributed by atoms with Crippen molar-refractivity contribution in [1.82, 2.24) is 41.9 Å². The summed E-state index contributed by atoms with van der Waals surface area (Å²) in [5.41, 5.74) is 6.80. The largest absolute Gasteiger partial charge is 0.481 e. The van der Waals surface area contributed by atoms with Gasteiger partial charge in [0.05, 0.1) is 97.7 Å². The first-order valence-corrected chi connectivity index (χ1v) is 35.8. The van der Waals surface area contributed by atoms with Gasteiger partial charge in [-0.2, -0.15) is 0 Å². The minimum atomic E-state index is -1.20. The van der Waals surface area contributed by atoms with E-state index in [2.05, 4.69) is 41.9 Å². The predicted octanol–water partition coefficient (Wildman–Crippen LogP) is 3.17. The number of carbonyl (C=O) groups excluding carboxylic acids is 9. The monoisotopic (exact) mass is 1430 g/mol. The number of H-pyrrole nitrogens is 1. The molecule has 5 amide bonds. The molecule has 0 fully saturated rings. The van der Waals surface area contributed by atoms with Crippen LogP contribution in [0.15, 0.2) is 12.5 Å². The van der Waals surface area contributed by atoms with E-state index >= 15 is 0 Å². The van der Waals surface area contributed by atoms with Crippen LogP contribution in [-0.2, 0) is 97.1 Å². The normalized spacial score (nSPS) is 12.3. The molecule has 1 heterocycles. The number of hydrogen-bond acceptors (Lipinski definition) is 23. The molecule has 31 nitrogen and oxygen atoms in total. The summed E-state index contributed by atoms with van der Waals surface area (Å²) in [5, 5.41) is 42.9. The van der Waals surface area contributed by atoms with E-state index in [1.807, 2.05) is 6.92 Å². The molecule has 12 N–H and O–H groups in total. The van der Waals surface area contributed by atoms with Crippen LogP contribution in [0.4, 0.5) is 0 Å². The molecule has 0 bridgehead atoms. The number of nitrogens with zero attached hydrogens (tertiary/aromatic N) is 1. The van der Waals surface area contributed by atoms with Gasteiger partial charge in [-0.25, -0.2) is 9.78 Å². The summed E-state index contributed by atoms with van der Waals surface area (Å²) in [6.07, 6.45) is 22.3. The molecule has 0 aliphatic carbocycles. The molecule has 4 atom stereocenters. The van der Waals surface area contributed by atoms with Gasteiger partial charge in [-0.05, 0) is 65.3 Å². The third kappa shape index (κ3) is 61.6. The number of nitrogens with two attached hydrogens (primary N) is 1. The predicted molar refractivity (Wildman–Crippen MR) is 371 cm³/mol. The number of aromatic nitrogens is 2. The second-order valence-corrected chi connectivity index (χ2v) is 24.1. The van der Waals surface area contributed by atoms with Gasteiger partial charge in [-0.1, -0.05) is 90.4 Å². The molecule has 0 aromatic carbocycles. The van der Waals surface area contributed by atoms with Crippen LogP contribution in [0, 0.1) is 5.92 Å². The van der Waals surface area contributed by atoms with Crippen molar-refractivity contribution >= 4 is 64.6 Å². The third-order valence-electron chi connectivity index (χ3n) is 15.4. The number of carboxylic acids is 2. The molecule has 0 aliphatic rings. The van der Waals surface area contributed by atoms with Gasteiger partial charge in [0.1, 0.15) is 49.8 Å². The van der Waals surface area contributed by atoms with E-state index in [9.17, 15) is 57.8 Å². The lowest BCUT2D eigenvalue weighted by molar-refractivity contribution is -0.142. The molecular weight excluding hydrogens is 1310 g/mol. The van der Waals surface area contributed by atoms with E-state index in [0.29, 0.717) is 64.6 Å². The van der Waals surface area contributed by atoms with Gasteiger partial charge in [-0.3, -0.25) is 47.9 Å². The van der Waals surface area contributed by atoms with Crippen molar-refractivity contribution < 1.29 is 106 Å². The molecule has 0 unspecified atom stereocenters. The van der Waals surface area contributed by atoms with Crippen LogP contribution in [0.1, 0.15) is 187 Å². The van der Waals surface area contributed by atoms with Crippen LogP contribution < -0.4 is 37.6 Å². The minimum Gasteiger partial charge on any atom is -0.481 e. The lowest BCUT2D eigenvalue weighted by Gasteiger charge is -2.15. The van der Waals surface area contributed by atoms with Crippen LogP contribution in [0.2, 0.25) is 0 Å². The Bertz CT molecular complexity index is 2320. The zero-order valence-corrected chi connectivity index (χ0v) is 60.0. The molecule has 100 heavy (non-hydrogen) atoms. The van der Waals surface area contributed by atoms with Crippen LogP contribution in [0.3, 0.4) is 0 Å². The maximum absolute atomic E-state index is 12.5. The van der Waals surface area contributed by atoms with E-state index in [0.717, 1.165) is 50.6 Å². The highest BCUT2D eigenvalue weighted by molar-refractivity contribution is 5.86. The summed E-state index contributed by atoms with van der Waals surface area (Å²) in [7, 11) is 0. The SMILES string of the molecule is CC(=O)[C@H](CCCCNC(=O)COCCOCCNC(=O)COCCOCCCC(=O)COCCOCCNC(=O)COCCOCCNC(=O)CC[C@H](NC(=O)CCCCCCCCCCCCCCCCC(=O)O)C(=O)O)CCC(=O)[C@@H](N)Cc1cnc[nH]1.CCN[C@@H](CO)C(C)=O. The zero-order chi connectivity index (χ0) is 73.9. The number of ketones is 4. The Hall–Kier alpha value is -6.26. The minimum absolute atomic E-state index is 0.0145. The van der Waals surface area contributed by atoms with Crippen LogP contribution in [-0.4, -0.2) is 253 Å².